The van der Waals surface area contributed by atoms with E-state index in [1.807, 2.05) is 24.3 Å². The van der Waals surface area contributed by atoms with Gasteiger partial charge in [-0.3, -0.25) is 14.9 Å². The molecule has 7 nitrogen and oxygen atoms in total. The SMILES string of the molecule is CCN1CCC(c2ccc(-c3cc(F)c4c(c3Cl)C(=O)N(C(C(=O)Nc3nccs3)c3cc(F)ccc3O)C4)cc2)CC1. The third kappa shape index (κ3) is 5.62. The van der Waals surface area contributed by atoms with Crippen LogP contribution < -0.4 is 5.32 Å². The van der Waals surface area contributed by atoms with Crippen molar-refractivity contribution in [2.24, 2.45) is 0 Å². The number of hydrogen-bond donors (Lipinski definition) is 2. The number of rotatable bonds is 7. The summed E-state index contributed by atoms with van der Waals surface area (Å²) in [6, 6.07) is 10.8. The topological polar surface area (TPSA) is 85.8 Å². The number of halogens is 3. The van der Waals surface area contributed by atoms with E-state index in [0.717, 1.165) is 66.9 Å². The van der Waals surface area contributed by atoms with E-state index in [4.69, 9.17) is 11.6 Å². The van der Waals surface area contributed by atoms with Gasteiger partial charge in [0.2, 0.25) is 0 Å². The minimum Gasteiger partial charge on any atom is -0.508 e. The average Bonchev–Trinajstić information content (AvgIpc) is 3.65. The molecule has 3 heterocycles. The van der Waals surface area contributed by atoms with Crippen molar-refractivity contribution >= 4 is 39.9 Å². The van der Waals surface area contributed by atoms with Crippen LogP contribution in [0.25, 0.3) is 11.1 Å². The van der Waals surface area contributed by atoms with Gasteiger partial charge in [-0.1, -0.05) is 42.8 Å². The minimum atomic E-state index is -1.49. The highest BCUT2D eigenvalue weighted by Gasteiger charge is 2.42. The number of nitrogens with one attached hydrogen (secondary N) is 1. The molecular formula is C32H29ClF2N4O3S. The molecule has 1 unspecified atom stereocenters. The van der Waals surface area contributed by atoms with Crippen molar-refractivity contribution in [2.45, 2.75) is 38.3 Å². The zero-order chi connectivity index (χ0) is 30.2. The molecule has 1 fully saturated rings. The number of piperidine rings is 1. The van der Waals surface area contributed by atoms with Crippen LogP contribution in [0.15, 0.2) is 60.1 Å². The molecule has 0 spiro atoms. The number of hydrogen-bond acceptors (Lipinski definition) is 6. The number of likely N-dealkylation sites (tertiary alicyclic amines) is 1. The fourth-order valence-corrected chi connectivity index (χ4v) is 6.91. The summed E-state index contributed by atoms with van der Waals surface area (Å²) in [6.45, 7) is 5.02. The molecule has 6 rings (SSSR count). The van der Waals surface area contributed by atoms with Gasteiger partial charge < -0.3 is 14.9 Å². The maximum absolute atomic E-state index is 15.7. The zero-order valence-corrected chi connectivity index (χ0v) is 24.9. The highest BCUT2D eigenvalue weighted by atomic mass is 35.5. The van der Waals surface area contributed by atoms with Crippen molar-refractivity contribution < 1.29 is 23.5 Å². The summed E-state index contributed by atoms with van der Waals surface area (Å²) in [5.41, 5.74) is 2.05. The van der Waals surface area contributed by atoms with Gasteiger partial charge in [0.15, 0.2) is 5.13 Å². The lowest BCUT2D eigenvalue weighted by molar-refractivity contribution is -0.120. The largest absolute Gasteiger partial charge is 0.508 e. The number of amides is 2. The first-order valence-corrected chi connectivity index (χ1v) is 15.3. The predicted molar refractivity (Wildman–Crippen MR) is 162 cm³/mol. The van der Waals surface area contributed by atoms with E-state index in [9.17, 15) is 19.1 Å². The summed E-state index contributed by atoms with van der Waals surface area (Å²) in [7, 11) is 0. The van der Waals surface area contributed by atoms with Crippen molar-refractivity contribution in [3.05, 3.63) is 99.0 Å². The van der Waals surface area contributed by atoms with Crippen LogP contribution in [-0.4, -0.2) is 51.3 Å². The number of fused-ring (bicyclic) bond motifs is 1. The van der Waals surface area contributed by atoms with Crippen LogP contribution in [0.4, 0.5) is 13.9 Å². The number of nitrogens with zero attached hydrogens (tertiary/aromatic N) is 3. The first-order chi connectivity index (χ1) is 20.7. The predicted octanol–water partition coefficient (Wildman–Crippen LogP) is 6.98. The van der Waals surface area contributed by atoms with Gasteiger partial charge in [0, 0.05) is 28.3 Å². The summed E-state index contributed by atoms with van der Waals surface area (Å²) in [6.07, 6.45) is 3.64. The molecule has 2 N–H and O–H groups in total. The summed E-state index contributed by atoms with van der Waals surface area (Å²) in [5, 5.41) is 15.2. The molecule has 222 valence electrons. The molecule has 11 heteroatoms. The van der Waals surface area contributed by atoms with Gasteiger partial charge in [-0.2, -0.15) is 0 Å². The summed E-state index contributed by atoms with van der Waals surface area (Å²) >= 11 is 7.96. The van der Waals surface area contributed by atoms with E-state index in [2.05, 4.69) is 22.1 Å². The highest BCUT2D eigenvalue weighted by molar-refractivity contribution is 7.13. The van der Waals surface area contributed by atoms with E-state index in [-0.39, 0.29) is 33.4 Å². The number of phenols is 1. The molecule has 0 saturated carbocycles. The van der Waals surface area contributed by atoms with E-state index in [0.29, 0.717) is 17.0 Å². The fraction of sp³-hybridized carbons (Fsp3) is 0.281. The average molecular weight is 623 g/mol. The molecule has 2 amide bonds. The van der Waals surface area contributed by atoms with Crippen molar-refractivity contribution in [2.75, 3.05) is 25.0 Å². The molecule has 0 radical (unpaired) electrons. The normalized spacial score (nSPS) is 16.4. The molecule has 1 aromatic heterocycles. The monoisotopic (exact) mass is 622 g/mol. The van der Waals surface area contributed by atoms with E-state index < -0.39 is 35.2 Å². The van der Waals surface area contributed by atoms with Crippen LogP contribution in [0.5, 0.6) is 5.75 Å². The van der Waals surface area contributed by atoms with Crippen LogP contribution in [0.1, 0.15) is 58.8 Å². The van der Waals surface area contributed by atoms with E-state index in [1.54, 1.807) is 5.38 Å². The number of carbonyl (C=O) groups is 2. The molecule has 2 aliphatic rings. The van der Waals surface area contributed by atoms with Gasteiger partial charge >= 0.3 is 0 Å². The third-order valence-corrected chi connectivity index (χ3v) is 9.44. The van der Waals surface area contributed by atoms with E-state index in [1.165, 1.54) is 17.8 Å². The van der Waals surface area contributed by atoms with Gasteiger partial charge in [-0.05, 0) is 73.8 Å². The van der Waals surface area contributed by atoms with Gasteiger partial charge in [0.25, 0.3) is 11.8 Å². The lowest BCUT2D eigenvalue weighted by Crippen LogP contribution is -2.37. The lowest BCUT2D eigenvalue weighted by atomic mass is 9.88. The number of thiazole rings is 1. The Morgan fingerprint density at radius 1 is 1.16 bits per heavy atom. The van der Waals surface area contributed by atoms with Crippen LogP contribution in [0.3, 0.4) is 0 Å². The van der Waals surface area contributed by atoms with Crippen LogP contribution in [-0.2, 0) is 11.3 Å². The fourth-order valence-electron chi connectivity index (χ4n) is 6.02. The molecule has 43 heavy (non-hydrogen) atoms. The van der Waals surface area contributed by atoms with Crippen LogP contribution >= 0.6 is 22.9 Å². The Balaban J connectivity index is 1.33. The Kier molecular flexibility index (Phi) is 8.17. The number of aromatic nitrogens is 1. The summed E-state index contributed by atoms with van der Waals surface area (Å²) in [4.78, 5) is 35.0. The minimum absolute atomic E-state index is 0.0287. The lowest BCUT2D eigenvalue weighted by Gasteiger charge is -2.31. The molecule has 2 aliphatic heterocycles. The third-order valence-electron chi connectivity index (χ3n) is 8.35. The van der Waals surface area contributed by atoms with Crippen molar-refractivity contribution in [1.29, 1.82) is 0 Å². The van der Waals surface area contributed by atoms with Crippen LogP contribution in [0.2, 0.25) is 5.02 Å². The number of benzene rings is 3. The second kappa shape index (κ2) is 12.0. The maximum atomic E-state index is 15.7. The number of aromatic hydroxyl groups is 1. The summed E-state index contributed by atoms with van der Waals surface area (Å²) in [5.74, 6) is -2.75. The Hall–Kier alpha value is -3.86. The first kappa shape index (κ1) is 29.2. The number of carbonyl (C=O) groups excluding carboxylic acids is 2. The molecule has 1 atom stereocenters. The van der Waals surface area contributed by atoms with E-state index >= 15 is 4.39 Å². The smallest absolute Gasteiger partial charge is 0.257 e. The molecular weight excluding hydrogens is 594 g/mol. The molecule has 1 saturated heterocycles. The second-order valence-electron chi connectivity index (χ2n) is 10.8. The van der Waals surface area contributed by atoms with Crippen molar-refractivity contribution in [3.8, 4) is 16.9 Å². The van der Waals surface area contributed by atoms with Gasteiger partial charge in [-0.15, -0.1) is 11.3 Å². The summed E-state index contributed by atoms with van der Waals surface area (Å²) < 4.78 is 30.0. The second-order valence-corrected chi connectivity index (χ2v) is 12.0. The highest BCUT2D eigenvalue weighted by Crippen LogP contribution is 2.43. The Bertz CT molecular complexity index is 1680. The number of anilines is 1. The number of phenolic OH excluding ortho intramolecular Hbond substituents is 1. The van der Waals surface area contributed by atoms with Gasteiger partial charge in [0.1, 0.15) is 23.4 Å². The van der Waals surface area contributed by atoms with Gasteiger partial charge in [0.05, 0.1) is 17.1 Å². The van der Waals surface area contributed by atoms with Crippen molar-refractivity contribution in [1.82, 2.24) is 14.8 Å². The maximum Gasteiger partial charge on any atom is 0.257 e. The Morgan fingerprint density at radius 3 is 2.58 bits per heavy atom. The first-order valence-electron chi connectivity index (χ1n) is 14.1. The Labute approximate surface area is 256 Å². The molecule has 0 aliphatic carbocycles. The standard InChI is InChI=1S/C32H29ClF2N4O3S/c1-2-38-12-9-19(10-13-38)18-3-5-20(6-4-18)22-16-25(35)24-17-39(31(42)27(24)28(22)33)29(23-15-21(34)7-8-26(23)40)30(41)37-32-36-11-14-43-32/h3-8,11,14-16,19,29,40H,2,9-10,12-13,17H2,1H3,(H,36,37,41). The zero-order valence-electron chi connectivity index (χ0n) is 23.3. The van der Waals surface area contributed by atoms with Crippen LogP contribution in [0, 0.1) is 11.6 Å². The molecule has 4 aromatic rings. The molecule has 0 bridgehead atoms. The van der Waals surface area contributed by atoms with Gasteiger partial charge in [-0.25, -0.2) is 13.8 Å². The Morgan fingerprint density at radius 2 is 1.91 bits per heavy atom. The van der Waals surface area contributed by atoms with Crippen molar-refractivity contribution in [3.63, 3.8) is 0 Å². The quantitative estimate of drug-likeness (QED) is 0.232. The molecule has 3 aromatic carbocycles.